The summed E-state index contributed by atoms with van der Waals surface area (Å²) in [5, 5.41) is 10.8. The SMILES string of the molecule is CC(C)(C)OC(=O)NCc1ccc(C(=O)Nc2cccc(NC(=O)c3ccc(CNC(=O)OC(C)(C)C)[nH]3)c2)[nH]1. The lowest BCUT2D eigenvalue weighted by molar-refractivity contribution is 0.0511. The number of carbonyl (C=O) groups excluding carboxylic acids is 4. The second kappa shape index (κ2) is 12.4. The summed E-state index contributed by atoms with van der Waals surface area (Å²) in [5.74, 6) is -0.781. The van der Waals surface area contributed by atoms with E-state index in [2.05, 4.69) is 31.2 Å². The van der Waals surface area contributed by atoms with Crippen LogP contribution in [0.15, 0.2) is 48.5 Å². The van der Waals surface area contributed by atoms with Crippen LogP contribution in [-0.4, -0.2) is 45.2 Å². The molecule has 6 N–H and O–H groups in total. The van der Waals surface area contributed by atoms with E-state index in [0.717, 1.165) is 0 Å². The van der Waals surface area contributed by atoms with Crippen LogP contribution in [0.4, 0.5) is 21.0 Å². The zero-order chi connectivity index (χ0) is 29.5. The van der Waals surface area contributed by atoms with Gasteiger partial charge in [0.15, 0.2) is 0 Å². The first-order chi connectivity index (χ1) is 18.7. The molecule has 3 aromatic rings. The summed E-state index contributed by atoms with van der Waals surface area (Å²) in [6, 6.07) is 13.3. The van der Waals surface area contributed by atoms with E-state index in [-0.39, 0.29) is 13.1 Å². The summed E-state index contributed by atoms with van der Waals surface area (Å²) in [6.07, 6.45) is -1.11. The number of anilines is 2. The van der Waals surface area contributed by atoms with E-state index >= 15 is 0 Å². The van der Waals surface area contributed by atoms with E-state index < -0.39 is 35.2 Å². The Balaban J connectivity index is 1.52. The molecule has 0 spiro atoms. The number of amides is 4. The highest BCUT2D eigenvalue weighted by Gasteiger charge is 2.18. The fourth-order valence-corrected chi connectivity index (χ4v) is 3.39. The van der Waals surface area contributed by atoms with Crippen LogP contribution in [0, 0.1) is 0 Å². The minimum Gasteiger partial charge on any atom is -0.444 e. The van der Waals surface area contributed by atoms with Gasteiger partial charge in [0.1, 0.15) is 22.6 Å². The smallest absolute Gasteiger partial charge is 0.407 e. The Morgan fingerprint density at radius 3 is 1.43 bits per heavy atom. The minimum atomic E-state index is -0.607. The molecule has 0 bridgehead atoms. The van der Waals surface area contributed by atoms with Crippen molar-refractivity contribution in [3.63, 3.8) is 0 Å². The molecule has 3 rings (SSSR count). The Hall–Kier alpha value is -4.74. The van der Waals surface area contributed by atoms with Gasteiger partial charge in [0, 0.05) is 22.8 Å². The molecule has 12 heteroatoms. The number of aromatic amines is 2. The average molecular weight is 553 g/mol. The Morgan fingerprint density at radius 2 is 1.05 bits per heavy atom. The topological polar surface area (TPSA) is 166 Å². The lowest BCUT2D eigenvalue weighted by atomic mass is 10.2. The van der Waals surface area contributed by atoms with Gasteiger partial charge in [-0.3, -0.25) is 9.59 Å². The Labute approximate surface area is 232 Å². The number of rotatable bonds is 8. The molecule has 1 aromatic carbocycles. The molecule has 0 radical (unpaired) electrons. The molecule has 2 aromatic heterocycles. The maximum Gasteiger partial charge on any atom is 0.407 e. The summed E-state index contributed by atoms with van der Waals surface area (Å²) >= 11 is 0. The van der Waals surface area contributed by atoms with Gasteiger partial charge in [0.25, 0.3) is 11.8 Å². The highest BCUT2D eigenvalue weighted by molar-refractivity contribution is 6.05. The fraction of sp³-hybridized carbons (Fsp3) is 0.357. The highest BCUT2D eigenvalue weighted by atomic mass is 16.6. The van der Waals surface area contributed by atoms with Gasteiger partial charge in [0.2, 0.25) is 0 Å². The van der Waals surface area contributed by atoms with E-state index in [4.69, 9.17) is 9.47 Å². The van der Waals surface area contributed by atoms with Crippen LogP contribution in [0.3, 0.4) is 0 Å². The number of hydrogen-bond acceptors (Lipinski definition) is 6. The molecule has 2 heterocycles. The number of H-pyrrole nitrogens is 2. The number of benzene rings is 1. The molecule has 0 saturated heterocycles. The Kier molecular flexibility index (Phi) is 9.25. The van der Waals surface area contributed by atoms with Crippen LogP contribution < -0.4 is 21.3 Å². The molecule has 0 aliphatic heterocycles. The van der Waals surface area contributed by atoms with Crippen LogP contribution in [0.5, 0.6) is 0 Å². The van der Waals surface area contributed by atoms with Crippen LogP contribution in [-0.2, 0) is 22.6 Å². The van der Waals surface area contributed by atoms with Crippen molar-refractivity contribution in [2.45, 2.75) is 65.8 Å². The number of hydrogen-bond donors (Lipinski definition) is 6. The molecule has 0 fully saturated rings. The predicted molar refractivity (Wildman–Crippen MR) is 150 cm³/mol. The third kappa shape index (κ3) is 9.86. The standard InChI is InChI=1S/C28H36N6O6/c1-27(2,3)39-25(37)29-15-19-10-12-21(31-19)23(35)33-17-8-7-9-18(14-17)34-24(36)22-13-11-20(32-22)16-30-26(38)40-28(4,5)6/h7-14,31-32H,15-16H2,1-6H3,(H,29,37)(H,30,38)(H,33,35)(H,34,36). The fourth-order valence-electron chi connectivity index (χ4n) is 3.39. The summed E-state index contributed by atoms with van der Waals surface area (Å²) < 4.78 is 10.4. The van der Waals surface area contributed by atoms with Crippen molar-refractivity contribution >= 4 is 35.4 Å². The maximum absolute atomic E-state index is 12.7. The normalized spacial score (nSPS) is 11.3. The van der Waals surface area contributed by atoms with Crippen LogP contribution in [0.25, 0.3) is 0 Å². The van der Waals surface area contributed by atoms with E-state index in [0.29, 0.717) is 34.2 Å². The van der Waals surface area contributed by atoms with Gasteiger partial charge in [-0.25, -0.2) is 9.59 Å². The summed E-state index contributed by atoms with van der Waals surface area (Å²) in [6.45, 7) is 11.0. The van der Waals surface area contributed by atoms with Crippen molar-refractivity contribution in [3.8, 4) is 0 Å². The number of carbonyl (C=O) groups is 4. The van der Waals surface area contributed by atoms with Gasteiger partial charge < -0.3 is 40.7 Å². The van der Waals surface area contributed by atoms with Crippen LogP contribution >= 0.6 is 0 Å². The van der Waals surface area contributed by atoms with E-state index in [1.807, 2.05) is 0 Å². The number of alkyl carbamates (subject to hydrolysis) is 2. The van der Waals surface area contributed by atoms with Crippen molar-refractivity contribution in [3.05, 3.63) is 71.3 Å². The van der Waals surface area contributed by atoms with E-state index in [1.165, 1.54) is 0 Å². The van der Waals surface area contributed by atoms with Crippen molar-refractivity contribution in [1.29, 1.82) is 0 Å². The monoisotopic (exact) mass is 552 g/mol. The van der Waals surface area contributed by atoms with Crippen molar-refractivity contribution in [1.82, 2.24) is 20.6 Å². The zero-order valence-electron chi connectivity index (χ0n) is 23.5. The molecular weight excluding hydrogens is 516 g/mol. The second-order valence-corrected chi connectivity index (χ2v) is 11.0. The second-order valence-electron chi connectivity index (χ2n) is 11.0. The molecule has 12 nitrogen and oxygen atoms in total. The molecule has 0 atom stereocenters. The lowest BCUT2D eigenvalue weighted by Gasteiger charge is -2.19. The van der Waals surface area contributed by atoms with Crippen molar-refractivity contribution < 1.29 is 28.7 Å². The van der Waals surface area contributed by atoms with Gasteiger partial charge in [-0.15, -0.1) is 0 Å². The largest absolute Gasteiger partial charge is 0.444 e. The van der Waals surface area contributed by atoms with E-state index in [1.54, 1.807) is 90.1 Å². The Morgan fingerprint density at radius 1 is 0.650 bits per heavy atom. The summed E-state index contributed by atoms with van der Waals surface area (Å²) in [7, 11) is 0. The molecule has 0 aliphatic carbocycles. The molecule has 0 saturated carbocycles. The summed E-state index contributed by atoms with van der Waals surface area (Å²) in [4.78, 5) is 55.0. The minimum absolute atomic E-state index is 0.168. The number of aromatic nitrogens is 2. The number of nitrogens with one attached hydrogen (secondary N) is 6. The third-order valence-corrected chi connectivity index (χ3v) is 5.00. The summed E-state index contributed by atoms with van der Waals surface area (Å²) in [5.41, 5.74) is 1.59. The molecule has 214 valence electrons. The molecule has 0 unspecified atom stereocenters. The molecule has 40 heavy (non-hydrogen) atoms. The van der Waals surface area contributed by atoms with Gasteiger partial charge in [0.05, 0.1) is 13.1 Å². The van der Waals surface area contributed by atoms with Crippen LogP contribution in [0.1, 0.15) is 73.9 Å². The van der Waals surface area contributed by atoms with Gasteiger partial charge in [-0.2, -0.15) is 0 Å². The molecule has 0 aliphatic rings. The number of ether oxygens (including phenoxy) is 2. The predicted octanol–water partition coefficient (Wildman–Crippen LogP) is 4.90. The van der Waals surface area contributed by atoms with Gasteiger partial charge in [-0.1, -0.05) is 6.07 Å². The third-order valence-electron chi connectivity index (χ3n) is 5.00. The van der Waals surface area contributed by atoms with Gasteiger partial charge in [-0.05, 0) is 84.0 Å². The maximum atomic E-state index is 12.7. The Bertz CT molecular complexity index is 1260. The lowest BCUT2D eigenvalue weighted by Crippen LogP contribution is -2.32. The molecule has 4 amide bonds. The average Bonchev–Trinajstić information content (AvgIpc) is 3.50. The highest BCUT2D eigenvalue weighted by Crippen LogP contribution is 2.17. The first-order valence-corrected chi connectivity index (χ1v) is 12.7. The van der Waals surface area contributed by atoms with Gasteiger partial charge >= 0.3 is 12.2 Å². The first-order valence-electron chi connectivity index (χ1n) is 12.7. The molecular formula is C28H36N6O6. The first kappa shape index (κ1) is 29.8. The van der Waals surface area contributed by atoms with Crippen molar-refractivity contribution in [2.24, 2.45) is 0 Å². The quantitative estimate of drug-likeness (QED) is 0.233. The van der Waals surface area contributed by atoms with Crippen LogP contribution in [0.2, 0.25) is 0 Å². The van der Waals surface area contributed by atoms with Crippen molar-refractivity contribution in [2.75, 3.05) is 10.6 Å². The zero-order valence-corrected chi connectivity index (χ0v) is 23.5. The van der Waals surface area contributed by atoms with E-state index in [9.17, 15) is 19.2 Å².